The number of carbonyl (C=O) groups is 1. The summed E-state index contributed by atoms with van der Waals surface area (Å²) in [5.41, 5.74) is 7.18. The highest BCUT2D eigenvalue weighted by Crippen LogP contribution is 2.20. The van der Waals surface area contributed by atoms with Gasteiger partial charge in [-0.2, -0.15) is 0 Å². The van der Waals surface area contributed by atoms with E-state index in [1.165, 1.54) is 0 Å². The van der Waals surface area contributed by atoms with Crippen LogP contribution in [0.1, 0.15) is 28.8 Å². The first-order valence-corrected chi connectivity index (χ1v) is 5.97. The van der Waals surface area contributed by atoms with Crippen molar-refractivity contribution in [2.24, 2.45) is 5.73 Å². The van der Waals surface area contributed by atoms with Gasteiger partial charge in [0.1, 0.15) is 0 Å². The Balaban J connectivity index is 2.18. The quantitative estimate of drug-likeness (QED) is 0.810. The smallest absolute Gasteiger partial charge is 0.254 e. The Hall–Kier alpha value is -1.39. The Labute approximate surface area is 101 Å². The summed E-state index contributed by atoms with van der Waals surface area (Å²) in [6, 6.07) is 7.36. The van der Waals surface area contributed by atoms with E-state index >= 15 is 0 Å². The number of aliphatic hydroxyl groups is 1. The summed E-state index contributed by atoms with van der Waals surface area (Å²) in [6.07, 6.45) is 1.85. The predicted octanol–water partition coefficient (Wildman–Crippen LogP) is 0.742. The molecule has 0 aromatic heterocycles. The van der Waals surface area contributed by atoms with E-state index in [0.717, 1.165) is 24.9 Å². The van der Waals surface area contributed by atoms with Gasteiger partial charge < -0.3 is 15.7 Å². The van der Waals surface area contributed by atoms with Gasteiger partial charge in [0.05, 0.1) is 12.6 Å². The van der Waals surface area contributed by atoms with Crippen molar-refractivity contribution >= 4 is 5.91 Å². The fourth-order valence-corrected chi connectivity index (χ4v) is 2.29. The third-order valence-electron chi connectivity index (χ3n) is 3.26. The van der Waals surface area contributed by atoms with Gasteiger partial charge in [0, 0.05) is 18.7 Å². The molecule has 1 aromatic rings. The molecule has 1 heterocycles. The Kier molecular flexibility index (Phi) is 3.76. The number of nitrogens with two attached hydrogens (primary N) is 1. The molecular formula is C13H18N2O2. The van der Waals surface area contributed by atoms with Crippen LogP contribution in [0.3, 0.4) is 0 Å². The van der Waals surface area contributed by atoms with Crippen molar-refractivity contribution in [3.05, 3.63) is 35.4 Å². The number of likely N-dealkylation sites (tertiary alicyclic amines) is 1. The van der Waals surface area contributed by atoms with E-state index in [-0.39, 0.29) is 18.6 Å². The van der Waals surface area contributed by atoms with Crippen molar-refractivity contribution in [2.45, 2.75) is 25.4 Å². The van der Waals surface area contributed by atoms with Gasteiger partial charge in [-0.1, -0.05) is 12.1 Å². The molecule has 0 aliphatic carbocycles. The van der Waals surface area contributed by atoms with Crippen molar-refractivity contribution in [1.29, 1.82) is 0 Å². The molecule has 3 N–H and O–H groups in total. The lowest BCUT2D eigenvalue weighted by atomic mass is 10.1. The number of amides is 1. The summed E-state index contributed by atoms with van der Waals surface area (Å²) in [5, 5.41) is 9.22. The summed E-state index contributed by atoms with van der Waals surface area (Å²) >= 11 is 0. The van der Waals surface area contributed by atoms with Crippen LogP contribution in [0.4, 0.5) is 0 Å². The molecule has 1 amide bonds. The molecule has 0 spiro atoms. The molecule has 0 unspecified atom stereocenters. The van der Waals surface area contributed by atoms with Crippen molar-refractivity contribution in [3.63, 3.8) is 0 Å². The molecule has 0 saturated carbocycles. The number of aliphatic hydroxyl groups excluding tert-OH is 1. The zero-order valence-corrected chi connectivity index (χ0v) is 9.80. The summed E-state index contributed by atoms with van der Waals surface area (Å²) in [4.78, 5) is 14.0. The topological polar surface area (TPSA) is 66.6 Å². The van der Waals surface area contributed by atoms with E-state index in [0.29, 0.717) is 12.1 Å². The summed E-state index contributed by atoms with van der Waals surface area (Å²) in [6.45, 7) is 1.21. The van der Waals surface area contributed by atoms with Gasteiger partial charge in [-0.25, -0.2) is 0 Å². The standard InChI is InChI=1S/C13H18N2O2/c14-8-10-3-1-4-11(7-10)13(17)15-6-2-5-12(15)9-16/h1,3-4,7,12,16H,2,5-6,8-9,14H2/t12-/m0/s1. The Bertz CT molecular complexity index is 406. The fraction of sp³-hybridized carbons (Fsp3) is 0.462. The molecule has 1 fully saturated rings. The Morgan fingerprint density at radius 2 is 2.35 bits per heavy atom. The van der Waals surface area contributed by atoms with Gasteiger partial charge >= 0.3 is 0 Å². The maximum atomic E-state index is 12.3. The van der Waals surface area contributed by atoms with Crippen LogP contribution in [-0.4, -0.2) is 35.1 Å². The van der Waals surface area contributed by atoms with E-state index in [2.05, 4.69) is 0 Å². The number of hydrogen-bond acceptors (Lipinski definition) is 3. The van der Waals surface area contributed by atoms with Crippen molar-refractivity contribution < 1.29 is 9.90 Å². The summed E-state index contributed by atoms with van der Waals surface area (Å²) < 4.78 is 0. The first-order valence-electron chi connectivity index (χ1n) is 5.97. The van der Waals surface area contributed by atoms with E-state index in [9.17, 15) is 9.90 Å². The lowest BCUT2D eigenvalue weighted by molar-refractivity contribution is 0.0677. The van der Waals surface area contributed by atoms with E-state index in [1.54, 1.807) is 11.0 Å². The average Bonchev–Trinajstić information content (AvgIpc) is 2.86. The molecule has 0 bridgehead atoms. The molecule has 4 heteroatoms. The van der Waals surface area contributed by atoms with Crippen LogP contribution < -0.4 is 5.73 Å². The second-order valence-electron chi connectivity index (χ2n) is 4.38. The highest BCUT2D eigenvalue weighted by Gasteiger charge is 2.28. The molecule has 92 valence electrons. The lowest BCUT2D eigenvalue weighted by Gasteiger charge is -2.23. The Morgan fingerprint density at radius 1 is 1.53 bits per heavy atom. The van der Waals surface area contributed by atoms with Gasteiger partial charge in [-0.15, -0.1) is 0 Å². The van der Waals surface area contributed by atoms with Crippen LogP contribution in [0.2, 0.25) is 0 Å². The number of benzene rings is 1. The van der Waals surface area contributed by atoms with Crippen molar-refractivity contribution in [2.75, 3.05) is 13.2 Å². The van der Waals surface area contributed by atoms with Crippen LogP contribution in [0.5, 0.6) is 0 Å². The molecule has 1 saturated heterocycles. The normalized spacial score (nSPS) is 19.6. The van der Waals surface area contributed by atoms with Crippen molar-refractivity contribution in [3.8, 4) is 0 Å². The van der Waals surface area contributed by atoms with E-state index in [4.69, 9.17) is 5.73 Å². The maximum absolute atomic E-state index is 12.3. The number of nitrogens with zero attached hydrogens (tertiary/aromatic N) is 1. The molecule has 1 aromatic carbocycles. The average molecular weight is 234 g/mol. The van der Waals surface area contributed by atoms with Crippen LogP contribution in [-0.2, 0) is 6.54 Å². The summed E-state index contributed by atoms with van der Waals surface area (Å²) in [7, 11) is 0. The lowest BCUT2D eigenvalue weighted by Crippen LogP contribution is -2.37. The summed E-state index contributed by atoms with van der Waals surface area (Å²) in [5.74, 6) is -0.00292. The number of rotatable bonds is 3. The molecule has 17 heavy (non-hydrogen) atoms. The van der Waals surface area contributed by atoms with Crippen LogP contribution in [0.25, 0.3) is 0 Å². The molecule has 1 atom stereocenters. The minimum atomic E-state index is -0.0240. The third-order valence-corrected chi connectivity index (χ3v) is 3.26. The highest BCUT2D eigenvalue weighted by molar-refractivity contribution is 5.94. The second kappa shape index (κ2) is 5.29. The Morgan fingerprint density at radius 3 is 3.06 bits per heavy atom. The molecule has 4 nitrogen and oxygen atoms in total. The third kappa shape index (κ3) is 2.48. The second-order valence-corrected chi connectivity index (χ2v) is 4.38. The van der Waals surface area contributed by atoms with Crippen LogP contribution in [0, 0.1) is 0 Å². The SMILES string of the molecule is NCc1cccc(C(=O)N2CCC[C@H]2CO)c1. The van der Waals surface area contributed by atoms with Crippen molar-refractivity contribution in [1.82, 2.24) is 4.90 Å². The predicted molar refractivity (Wildman–Crippen MR) is 65.5 cm³/mol. The molecule has 0 radical (unpaired) electrons. The van der Waals surface area contributed by atoms with Crippen LogP contribution >= 0.6 is 0 Å². The maximum Gasteiger partial charge on any atom is 0.254 e. The van der Waals surface area contributed by atoms with Gasteiger partial charge in [0.2, 0.25) is 0 Å². The number of hydrogen-bond donors (Lipinski definition) is 2. The fourth-order valence-electron chi connectivity index (χ4n) is 2.29. The molecule has 1 aliphatic heterocycles. The van der Waals surface area contributed by atoms with E-state index in [1.807, 2.05) is 18.2 Å². The van der Waals surface area contributed by atoms with Gasteiger partial charge in [0.25, 0.3) is 5.91 Å². The van der Waals surface area contributed by atoms with Gasteiger partial charge in [0.15, 0.2) is 0 Å². The van der Waals surface area contributed by atoms with Gasteiger partial charge in [-0.3, -0.25) is 4.79 Å². The van der Waals surface area contributed by atoms with E-state index < -0.39 is 0 Å². The zero-order valence-electron chi connectivity index (χ0n) is 9.80. The van der Waals surface area contributed by atoms with Crippen LogP contribution in [0.15, 0.2) is 24.3 Å². The monoisotopic (exact) mass is 234 g/mol. The minimum Gasteiger partial charge on any atom is -0.394 e. The first-order chi connectivity index (χ1) is 8.26. The zero-order chi connectivity index (χ0) is 12.3. The van der Waals surface area contributed by atoms with Gasteiger partial charge in [-0.05, 0) is 30.5 Å². The minimum absolute atomic E-state index is 0.00292. The largest absolute Gasteiger partial charge is 0.394 e. The number of carbonyl (C=O) groups excluding carboxylic acids is 1. The highest BCUT2D eigenvalue weighted by atomic mass is 16.3. The molecule has 2 rings (SSSR count). The first kappa shape index (κ1) is 12.1. The molecular weight excluding hydrogens is 216 g/mol. The molecule has 1 aliphatic rings.